The zero-order valence-electron chi connectivity index (χ0n) is 9.20. The molecular weight excluding hydrogens is 305 g/mol. The van der Waals surface area contributed by atoms with Gasteiger partial charge in [-0.15, -0.1) is 0 Å². The molecule has 1 N–H and O–H groups in total. The number of likely N-dealkylation sites (tertiary alicyclic amines) is 1. The van der Waals surface area contributed by atoms with E-state index in [1.54, 1.807) is 0 Å². The molecule has 0 radical (unpaired) electrons. The van der Waals surface area contributed by atoms with Gasteiger partial charge in [0.05, 0.1) is 5.92 Å². The fraction of sp³-hybridized carbons (Fsp3) is 0.417. The van der Waals surface area contributed by atoms with Crippen molar-refractivity contribution in [3.63, 3.8) is 0 Å². The molecule has 1 unspecified atom stereocenters. The zero-order chi connectivity index (χ0) is 12.4. The first-order chi connectivity index (χ1) is 8.06. The average Bonchev–Trinajstić information content (AvgIpc) is 2.71. The number of carboxylic acids is 1. The summed E-state index contributed by atoms with van der Waals surface area (Å²) >= 11 is 9.50. The number of nitrogens with zero attached hydrogens (tertiary/aromatic N) is 1. The van der Waals surface area contributed by atoms with Gasteiger partial charge in [0.15, 0.2) is 0 Å². The van der Waals surface area contributed by atoms with Crippen LogP contribution in [0.5, 0.6) is 0 Å². The third kappa shape index (κ3) is 3.21. The number of carbonyl (C=O) groups is 1. The van der Waals surface area contributed by atoms with E-state index in [1.807, 2.05) is 18.2 Å². The first-order valence-electron chi connectivity index (χ1n) is 5.45. The molecule has 2 rings (SSSR count). The van der Waals surface area contributed by atoms with Gasteiger partial charge in [0, 0.05) is 22.6 Å². The summed E-state index contributed by atoms with van der Waals surface area (Å²) in [4.78, 5) is 13.0. The Hall–Kier alpha value is -0.580. The van der Waals surface area contributed by atoms with Crippen LogP contribution in [0.2, 0.25) is 5.02 Å². The lowest BCUT2D eigenvalue weighted by atomic mass is 10.1. The molecule has 1 aromatic carbocycles. The van der Waals surface area contributed by atoms with Crippen molar-refractivity contribution in [2.45, 2.75) is 13.0 Å². The smallest absolute Gasteiger partial charge is 0.307 e. The van der Waals surface area contributed by atoms with Crippen LogP contribution in [0.3, 0.4) is 0 Å². The third-order valence-corrected chi connectivity index (χ3v) is 3.88. The molecular formula is C12H13BrClNO2. The van der Waals surface area contributed by atoms with Gasteiger partial charge < -0.3 is 5.11 Å². The van der Waals surface area contributed by atoms with Crippen LogP contribution >= 0.6 is 27.5 Å². The van der Waals surface area contributed by atoms with Crippen LogP contribution in [0.1, 0.15) is 12.0 Å². The van der Waals surface area contributed by atoms with Crippen LogP contribution in [0, 0.1) is 5.92 Å². The maximum atomic E-state index is 10.9. The molecule has 92 valence electrons. The predicted octanol–water partition coefficient (Wildman–Crippen LogP) is 3.01. The summed E-state index contributed by atoms with van der Waals surface area (Å²) in [6.45, 7) is 2.15. The Morgan fingerprint density at radius 2 is 2.35 bits per heavy atom. The van der Waals surface area contributed by atoms with Gasteiger partial charge in [-0.3, -0.25) is 9.69 Å². The van der Waals surface area contributed by atoms with E-state index in [1.165, 1.54) is 0 Å². The van der Waals surface area contributed by atoms with Gasteiger partial charge in [-0.2, -0.15) is 0 Å². The monoisotopic (exact) mass is 317 g/mol. The second-order valence-electron chi connectivity index (χ2n) is 4.29. The predicted molar refractivity (Wildman–Crippen MR) is 70.2 cm³/mol. The normalized spacial score (nSPS) is 20.7. The van der Waals surface area contributed by atoms with Gasteiger partial charge in [-0.1, -0.05) is 33.6 Å². The standard InChI is InChI=1S/C12H13BrClNO2/c13-10-2-1-8(11(14)5-10)6-15-4-3-9(7-15)12(16)17/h1-2,5,9H,3-4,6-7H2,(H,16,17). The van der Waals surface area contributed by atoms with Crippen LogP contribution < -0.4 is 0 Å². The zero-order valence-corrected chi connectivity index (χ0v) is 11.5. The topological polar surface area (TPSA) is 40.5 Å². The van der Waals surface area contributed by atoms with Crippen LogP contribution in [0.15, 0.2) is 22.7 Å². The Labute approximate surface area is 114 Å². The SMILES string of the molecule is O=C(O)C1CCN(Cc2ccc(Br)cc2Cl)C1. The van der Waals surface area contributed by atoms with Crippen molar-refractivity contribution in [2.24, 2.45) is 5.92 Å². The summed E-state index contributed by atoms with van der Waals surface area (Å²) in [5.74, 6) is -0.932. The number of benzene rings is 1. The molecule has 1 aliphatic rings. The number of hydrogen-bond acceptors (Lipinski definition) is 2. The van der Waals surface area contributed by atoms with Crippen LogP contribution in [-0.4, -0.2) is 29.1 Å². The Morgan fingerprint density at radius 1 is 1.59 bits per heavy atom. The molecule has 17 heavy (non-hydrogen) atoms. The van der Waals surface area contributed by atoms with Crippen LogP contribution in [-0.2, 0) is 11.3 Å². The number of carboxylic acid groups (broad SMARTS) is 1. The first kappa shape index (κ1) is 12.9. The molecule has 0 spiro atoms. The first-order valence-corrected chi connectivity index (χ1v) is 6.62. The number of aliphatic carboxylic acids is 1. The molecule has 1 aliphatic heterocycles. The van der Waals surface area contributed by atoms with Crippen molar-refractivity contribution in [3.05, 3.63) is 33.3 Å². The largest absolute Gasteiger partial charge is 0.481 e. The summed E-state index contributed by atoms with van der Waals surface area (Å²) in [5, 5.41) is 9.65. The van der Waals surface area contributed by atoms with Crippen molar-refractivity contribution in [1.82, 2.24) is 4.90 Å². The molecule has 3 nitrogen and oxygen atoms in total. The Balaban J connectivity index is 2.00. The highest BCUT2D eigenvalue weighted by molar-refractivity contribution is 9.10. The minimum atomic E-state index is -0.700. The maximum absolute atomic E-state index is 10.9. The fourth-order valence-corrected chi connectivity index (χ4v) is 2.80. The van der Waals surface area contributed by atoms with Gasteiger partial charge in [-0.25, -0.2) is 0 Å². The van der Waals surface area contributed by atoms with Crippen LogP contribution in [0.4, 0.5) is 0 Å². The highest BCUT2D eigenvalue weighted by Gasteiger charge is 2.27. The molecule has 1 fully saturated rings. The molecule has 0 aromatic heterocycles. The Kier molecular flexibility index (Phi) is 4.07. The summed E-state index contributed by atoms with van der Waals surface area (Å²) in [6.07, 6.45) is 0.726. The van der Waals surface area contributed by atoms with Gasteiger partial charge in [-0.05, 0) is 30.7 Å². The van der Waals surface area contributed by atoms with E-state index < -0.39 is 5.97 Å². The van der Waals surface area contributed by atoms with E-state index in [2.05, 4.69) is 20.8 Å². The van der Waals surface area contributed by atoms with Gasteiger partial charge in [0.1, 0.15) is 0 Å². The Morgan fingerprint density at radius 3 is 2.94 bits per heavy atom. The average molecular weight is 319 g/mol. The van der Waals surface area contributed by atoms with E-state index in [0.29, 0.717) is 6.54 Å². The third-order valence-electron chi connectivity index (χ3n) is 3.03. The summed E-state index contributed by atoms with van der Waals surface area (Å²) in [7, 11) is 0. The van der Waals surface area contributed by atoms with Crippen molar-refractivity contribution in [1.29, 1.82) is 0 Å². The van der Waals surface area contributed by atoms with E-state index in [0.717, 1.165) is 34.6 Å². The van der Waals surface area contributed by atoms with Crippen molar-refractivity contribution >= 4 is 33.5 Å². The van der Waals surface area contributed by atoms with E-state index in [9.17, 15) is 4.79 Å². The molecule has 1 heterocycles. The quantitative estimate of drug-likeness (QED) is 0.931. The number of hydrogen-bond donors (Lipinski definition) is 1. The fourth-order valence-electron chi connectivity index (χ4n) is 2.07. The number of rotatable bonds is 3. The molecule has 5 heteroatoms. The molecule has 1 saturated heterocycles. The summed E-state index contributed by atoms with van der Waals surface area (Å²) in [6, 6.07) is 5.79. The van der Waals surface area contributed by atoms with Gasteiger partial charge in [0.2, 0.25) is 0 Å². The van der Waals surface area contributed by atoms with E-state index >= 15 is 0 Å². The molecule has 1 aromatic rings. The Bertz CT molecular complexity index is 439. The minimum absolute atomic E-state index is 0.232. The van der Waals surface area contributed by atoms with Crippen LogP contribution in [0.25, 0.3) is 0 Å². The van der Waals surface area contributed by atoms with Crippen molar-refractivity contribution < 1.29 is 9.90 Å². The van der Waals surface area contributed by atoms with Gasteiger partial charge >= 0.3 is 5.97 Å². The lowest BCUT2D eigenvalue weighted by molar-refractivity contribution is -0.141. The highest BCUT2D eigenvalue weighted by atomic mass is 79.9. The molecule has 0 amide bonds. The van der Waals surface area contributed by atoms with E-state index in [-0.39, 0.29) is 5.92 Å². The lowest BCUT2D eigenvalue weighted by Crippen LogP contribution is -2.22. The molecule has 0 bridgehead atoms. The maximum Gasteiger partial charge on any atom is 0.307 e. The minimum Gasteiger partial charge on any atom is -0.481 e. The molecule has 0 saturated carbocycles. The second-order valence-corrected chi connectivity index (χ2v) is 5.62. The molecule has 0 aliphatic carbocycles. The molecule has 1 atom stereocenters. The highest BCUT2D eigenvalue weighted by Crippen LogP contribution is 2.25. The van der Waals surface area contributed by atoms with E-state index in [4.69, 9.17) is 16.7 Å². The lowest BCUT2D eigenvalue weighted by Gasteiger charge is -2.16. The van der Waals surface area contributed by atoms with Crippen molar-refractivity contribution in [2.75, 3.05) is 13.1 Å². The second kappa shape index (κ2) is 5.38. The summed E-state index contributed by atoms with van der Waals surface area (Å²) in [5.41, 5.74) is 1.04. The van der Waals surface area contributed by atoms with Gasteiger partial charge in [0.25, 0.3) is 0 Å². The van der Waals surface area contributed by atoms with Crippen molar-refractivity contribution in [3.8, 4) is 0 Å². The number of halogens is 2. The summed E-state index contributed by atoms with van der Waals surface area (Å²) < 4.78 is 0.955.